The van der Waals surface area contributed by atoms with Crippen LogP contribution >= 0.6 is 0 Å². The molecule has 0 aliphatic carbocycles. The number of anilines is 2. The van der Waals surface area contributed by atoms with Gasteiger partial charge in [-0.25, -0.2) is 9.59 Å². The lowest BCUT2D eigenvalue weighted by Gasteiger charge is -2.40. The number of phenolic OH excluding ortho intramolecular Hbond substituents is 1. The zero-order valence-corrected chi connectivity index (χ0v) is 32.1. The van der Waals surface area contributed by atoms with Gasteiger partial charge in [0.05, 0.1) is 17.3 Å². The van der Waals surface area contributed by atoms with E-state index in [2.05, 4.69) is 49.8 Å². The number of rotatable bonds is 13. The second kappa shape index (κ2) is 15.8. The van der Waals surface area contributed by atoms with Gasteiger partial charge in [0.15, 0.2) is 26.3 Å². The van der Waals surface area contributed by atoms with Crippen LogP contribution in [-0.2, 0) is 22.3 Å². The largest absolute Gasteiger partial charge is 0.506 e. The monoisotopic (exact) mass is 750 g/mol. The number of aromatic hydroxyl groups is 1. The van der Waals surface area contributed by atoms with Crippen LogP contribution in [0.15, 0.2) is 94.2 Å². The minimum Gasteiger partial charge on any atom is -0.506 e. The predicted molar refractivity (Wildman–Crippen MR) is 213 cm³/mol. The van der Waals surface area contributed by atoms with E-state index in [0.29, 0.717) is 48.6 Å². The standard InChI is InChI=1S/C41H46N4O8Si/c1-41(2,3)54(4,5)53-35(30-17-19-33(46)37-38(30)51-25-36(47)44-37)24-42-23-27-15-18-32-34(22-27)52-40(50)45(32)20-10-9-11-26-14-16-29(28-12-7-6-8-13-28)31(21-26)43-39(48)49/h6-9,11-19,21-22,35,42-43,46H,10,20,23-25H2,1-5H3,(H,44,47)(H,48,49)/b11-9+/t35-/m1/s1. The zero-order valence-electron chi connectivity index (χ0n) is 31.1. The number of hydrogen-bond donors (Lipinski definition) is 5. The number of carbonyl (C=O) groups excluding carboxylic acids is 1. The molecule has 0 saturated carbocycles. The van der Waals surface area contributed by atoms with E-state index in [4.69, 9.17) is 13.6 Å². The van der Waals surface area contributed by atoms with Crippen molar-refractivity contribution < 1.29 is 33.4 Å². The van der Waals surface area contributed by atoms with Crippen molar-refractivity contribution in [1.82, 2.24) is 9.88 Å². The number of amides is 2. The molecular weight excluding hydrogens is 705 g/mol. The molecule has 1 aromatic heterocycles. The van der Waals surface area contributed by atoms with Gasteiger partial charge in [-0.1, -0.05) is 81.5 Å². The highest BCUT2D eigenvalue weighted by atomic mass is 28.4. The topological polar surface area (TPSA) is 164 Å². The Hall–Kier alpha value is -5.63. The molecule has 5 aromatic rings. The number of carbonyl (C=O) groups is 2. The van der Waals surface area contributed by atoms with E-state index in [0.717, 1.165) is 27.8 Å². The molecule has 0 radical (unpaired) electrons. The molecule has 5 N–H and O–H groups in total. The van der Waals surface area contributed by atoms with E-state index in [1.165, 1.54) is 0 Å². The molecule has 4 aromatic carbocycles. The zero-order chi connectivity index (χ0) is 38.6. The van der Waals surface area contributed by atoms with Gasteiger partial charge in [0.2, 0.25) is 0 Å². The molecule has 13 heteroatoms. The molecule has 12 nitrogen and oxygen atoms in total. The van der Waals surface area contributed by atoms with Gasteiger partial charge in [-0.05, 0) is 71.6 Å². The summed E-state index contributed by atoms with van der Waals surface area (Å²) in [7, 11) is -2.28. The average Bonchev–Trinajstić information content (AvgIpc) is 3.43. The van der Waals surface area contributed by atoms with Gasteiger partial charge in [0.25, 0.3) is 5.91 Å². The number of allylic oxidation sites excluding steroid dienone is 1. The Labute approximate surface area is 314 Å². The Bertz CT molecular complexity index is 2260. The Morgan fingerprint density at radius 1 is 1.06 bits per heavy atom. The maximum Gasteiger partial charge on any atom is 0.419 e. The number of hydrogen-bond acceptors (Lipinski definition) is 8. The smallest absolute Gasteiger partial charge is 0.419 e. The average molecular weight is 751 g/mol. The third kappa shape index (κ3) is 8.60. The van der Waals surface area contributed by atoms with E-state index in [1.807, 2.05) is 72.8 Å². The number of nitrogens with one attached hydrogen (secondary N) is 3. The third-order valence-electron chi connectivity index (χ3n) is 9.96. The summed E-state index contributed by atoms with van der Waals surface area (Å²) in [4.78, 5) is 36.4. The van der Waals surface area contributed by atoms with Crippen LogP contribution in [0.25, 0.3) is 28.3 Å². The number of aryl methyl sites for hydroxylation is 1. The molecule has 1 aliphatic heterocycles. The van der Waals surface area contributed by atoms with Crippen LogP contribution in [-0.4, -0.2) is 48.2 Å². The SMILES string of the molecule is CC(C)(C)[Si](C)(C)O[C@H](CNCc1ccc2c(c1)oc(=O)n2CC/C=C/c1ccc(-c2ccccc2)c(NC(=O)O)c1)c1ccc(O)c2c1OCC(=O)N2. The Morgan fingerprint density at radius 3 is 2.57 bits per heavy atom. The fourth-order valence-electron chi connectivity index (χ4n) is 6.14. The molecule has 2 amide bonds. The molecule has 0 spiro atoms. The normalized spacial score (nSPS) is 13.8. The van der Waals surface area contributed by atoms with Crippen molar-refractivity contribution in [2.24, 2.45) is 0 Å². The predicted octanol–water partition coefficient (Wildman–Crippen LogP) is 8.34. The molecule has 1 atom stereocenters. The lowest BCUT2D eigenvalue weighted by Crippen LogP contribution is -2.43. The summed E-state index contributed by atoms with van der Waals surface area (Å²) in [6.07, 6.45) is 2.81. The summed E-state index contributed by atoms with van der Waals surface area (Å²) in [5.74, 6) is -0.453. The number of ether oxygens (including phenoxy) is 1. The van der Waals surface area contributed by atoms with E-state index in [1.54, 1.807) is 22.8 Å². The molecule has 2 heterocycles. The first kappa shape index (κ1) is 38.1. The van der Waals surface area contributed by atoms with E-state index >= 15 is 0 Å². The number of oxazole rings is 1. The second-order valence-electron chi connectivity index (χ2n) is 14.8. The van der Waals surface area contributed by atoms with Crippen LogP contribution in [0.1, 0.15) is 50.0 Å². The van der Waals surface area contributed by atoms with E-state index < -0.39 is 26.3 Å². The number of aromatic nitrogens is 1. The lowest BCUT2D eigenvalue weighted by atomic mass is 10.0. The number of fused-ring (bicyclic) bond motifs is 2. The van der Waals surface area contributed by atoms with Gasteiger partial charge in [0.1, 0.15) is 11.4 Å². The molecule has 0 bridgehead atoms. The van der Waals surface area contributed by atoms with Gasteiger partial charge in [0, 0.05) is 30.8 Å². The van der Waals surface area contributed by atoms with E-state index in [-0.39, 0.29) is 29.0 Å². The maximum atomic E-state index is 12.9. The van der Waals surface area contributed by atoms with Gasteiger partial charge in [-0.3, -0.25) is 14.7 Å². The van der Waals surface area contributed by atoms with Crippen molar-refractivity contribution in [1.29, 1.82) is 0 Å². The van der Waals surface area contributed by atoms with Crippen LogP contribution in [0.4, 0.5) is 16.2 Å². The number of carboxylic acid groups (broad SMARTS) is 1. The number of nitrogens with zero attached hydrogens (tertiary/aromatic N) is 1. The highest BCUT2D eigenvalue weighted by Gasteiger charge is 2.40. The highest BCUT2D eigenvalue weighted by Crippen LogP contribution is 2.45. The van der Waals surface area contributed by atoms with Crippen molar-refractivity contribution >= 4 is 48.9 Å². The molecule has 282 valence electrons. The second-order valence-corrected chi connectivity index (χ2v) is 19.6. The van der Waals surface area contributed by atoms with Crippen molar-refractivity contribution in [2.75, 3.05) is 23.8 Å². The lowest BCUT2D eigenvalue weighted by molar-refractivity contribution is -0.118. The van der Waals surface area contributed by atoms with Crippen LogP contribution < -0.4 is 26.4 Å². The van der Waals surface area contributed by atoms with Crippen LogP contribution in [0.5, 0.6) is 11.5 Å². The fourth-order valence-corrected chi connectivity index (χ4v) is 7.41. The van der Waals surface area contributed by atoms with Gasteiger partial charge in [-0.15, -0.1) is 0 Å². The first-order valence-corrected chi connectivity index (χ1v) is 20.8. The Balaban J connectivity index is 1.13. The molecule has 0 saturated heterocycles. The van der Waals surface area contributed by atoms with Gasteiger partial charge < -0.3 is 34.4 Å². The van der Waals surface area contributed by atoms with Gasteiger partial charge in [-0.2, -0.15) is 0 Å². The van der Waals surface area contributed by atoms with Crippen LogP contribution in [0.3, 0.4) is 0 Å². The minimum absolute atomic E-state index is 0.0695. The summed E-state index contributed by atoms with van der Waals surface area (Å²) < 4.78 is 19.9. The van der Waals surface area contributed by atoms with Crippen LogP contribution in [0.2, 0.25) is 18.1 Å². The third-order valence-corrected chi connectivity index (χ3v) is 14.4. The van der Waals surface area contributed by atoms with Gasteiger partial charge >= 0.3 is 11.8 Å². The van der Waals surface area contributed by atoms with Crippen molar-refractivity contribution in [3.05, 3.63) is 112 Å². The summed E-state index contributed by atoms with van der Waals surface area (Å²) in [5.41, 5.74) is 6.05. The number of phenols is 1. The number of benzene rings is 4. The summed E-state index contributed by atoms with van der Waals surface area (Å²) in [6.45, 7) is 12.0. The molecule has 0 unspecified atom stereocenters. The quantitative estimate of drug-likeness (QED) is 0.0588. The summed E-state index contributed by atoms with van der Waals surface area (Å²) >= 11 is 0. The van der Waals surface area contributed by atoms with Crippen molar-refractivity contribution in [3.63, 3.8) is 0 Å². The first-order valence-electron chi connectivity index (χ1n) is 17.9. The summed E-state index contributed by atoms with van der Waals surface area (Å²) in [5, 5.41) is 28.5. The molecule has 54 heavy (non-hydrogen) atoms. The molecular formula is C41H46N4O8Si. The van der Waals surface area contributed by atoms with E-state index in [9.17, 15) is 24.6 Å². The Morgan fingerprint density at radius 2 is 1.83 bits per heavy atom. The van der Waals surface area contributed by atoms with Crippen LogP contribution in [0, 0.1) is 0 Å². The molecule has 0 fully saturated rings. The molecule has 1 aliphatic rings. The molecule has 6 rings (SSSR count). The first-order chi connectivity index (χ1) is 25.7. The summed E-state index contributed by atoms with van der Waals surface area (Å²) in [6, 6.07) is 24.2. The Kier molecular flexibility index (Phi) is 11.1. The highest BCUT2D eigenvalue weighted by molar-refractivity contribution is 6.74. The minimum atomic E-state index is -2.28. The van der Waals surface area contributed by atoms with Crippen molar-refractivity contribution in [2.45, 2.75) is 64.5 Å². The maximum absolute atomic E-state index is 12.9. The fraction of sp³-hybridized carbons (Fsp3) is 0.293. The van der Waals surface area contributed by atoms with Crippen molar-refractivity contribution in [3.8, 4) is 22.6 Å².